The molecule has 0 saturated carbocycles. The molecular weight excluding hydrogens is 346 g/mol. The van der Waals surface area contributed by atoms with Gasteiger partial charge in [0.05, 0.1) is 9.85 Å². The van der Waals surface area contributed by atoms with E-state index in [9.17, 15) is 34.9 Å². The number of carboxylic acids is 1. The Balaban J connectivity index is 2.13. The summed E-state index contributed by atoms with van der Waals surface area (Å²) in [4.78, 5) is 43.7. The predicted molar refractivity (Wildman–Crippen MR) is 88.8 cm³/mol. The molecule has 2 aromatic rings. The Kier molecular flexibility index (Phi) is 5.58. The molecule has 0 unspecified atom stereocenters. The summed E-state index contributed by atoms with van der Waals surface area (Å²) < 4.78 is 0. The van der Waals surface area contributed by atoms with Crippen molar-refractivity contribution in [2.75, 3.05) is 0 Å². The number of aliphatic carboxylic acids is 1. The van der Waals surface area contributed by atoms with Crippen molar-refractivity contribution in [1.82, 2.24) is 5.32 Å². The molecule has 1 amide bonds. The second-order valence-electron chi connectivity index (χ2n) is 5.30. The summed E-state index contributed by atoms with van der Waals surface area (Å²) in [5.74, 6) is -2.08. The number of amides is 1. The van der Waals surface area contributed by atoms with Gasteiger partial charge in [-0.25, -0.2) is 4.79 Å². The van der Waals surface area contributed by atoms with Crippen molar-refractivity contribution < 1.29 is 24.5 Å². The Morgan fingerprint density at radius 1 is 1.00 bits per heavy atom. The monoisotopic (exact) mass is 359 g/mol. The topological polar surface area (TPSA) is 153 Å². The molecule has 10 heteroatoms. The number of benzene rings is 2. The number of nitrogens with one attached hydrogen (secondary N) is 1. The SMILES string of the molecule is O=C(N[C@@H](Cc1ccc([N+](=O)[O-])cc1)C(=O)O)c1cccc([N+](=O)[O-])c1. The van der Waals surface area contributed by atoms with Gasteiger partial charge in [0.2, 0.25) is 0 Å². The minimum atomic E-state index is -1.30. The van der Waals surface area contributed by atoms with Crippen molar-refractivity contribution in [3.8, 4) is 0 Å². The second-order valence-corrected chi connectivity index (χ2v) is 5.30. The van der Waals surface area contributed by atoms with Gasteiger partial charge in [-0.1, -0.05) is 18.2 Å². The summed E-state index contributed by atoms with van der Waals surface area (Å²) in [7, 11) is 0. The molecule has 0 aliphatic heterocycles. The fraction of sp³-hybridized carbons (Fsp3) is 0.125. The molecule has 134 valence electrons. The number of nitro groups is 2. The number of carbonyl (C=O) groups excluding carboxylic acids is 1. The first-order chi connectivity index (χ1) is 12.3. The lowest BCUT2D eigenvalue weighted by Gasteiger charge is -2.14. The first-order valence-corrected chi connectivity index (χ1v) is 7.29. The molecular formula is C16H13N3O7. The number of nitrogens with zero attached hydrogens (tertiary/aromatic N) is 2. The maximum absolute atomic E-state index is 12.2. The summed E-state index contributed by atoms with van der Waals surface area (Å²) in [6, 6.07) is 8.85. The highest BCUT2D eigenvalue weighted by molar-refractivity contribution is 5.97. The van der Waals surface area contributed by atoms with Crippen LogP contribution in [0.2, 0.25) is 0 Å². The number of rotatable bonds is 7. The van der Waals surface area contributed by atoms with E-state index in [0.29, 0.717) is 5.56 Å². The predicted octanol–water partition coefficient (Wildman–Crippen LogP) is 1.93. The smallest absolute Gasteiger partial charge is 0.326 e. The molecule has 0 aliphatic rings. The van der Waals surface area contributed by atoms with E-state index < -0.39 is 27.8 Å². The molecule has 2 aromatic carbocycles. The molecule has 0 heterocycles. The van der Waals surface area contributed by atoms with Crippen molar-refractivity contribution in [1.29, 1.82) is 0 Å². The second kappa shape index (κ2) is 7.83. The van der Waals surface area contributed by atoms with Crippen LogP contribution in [0.4, 0.5) is 11.4 Å². The molecule has 0 fully saturated rings. The van der Waals surface area contributed by atoms with Crippen LogP contribution in [-0.2, 0) is 11.2 Å². The third-order valence-electron chi connectivity index (χ3n) is 3.51. The van der Waals surface area contributed by atoms with Gasteiger partial charge in [0.25, 0.3) is 17.3 Å². The van der Waals surface area contributed by atoms with Gasteiger partial charge in [-0.05, 0) is 11.6 Å². The molecule has 0 spiro atoms. The van der Waals surface area contributed by atoms with E-state index in [2.05, 4.69) is 5.32 Å². The largest absolute Gasteiger partial charge is 0.480 e. The Morgan fingerprint density at radius 2 is 1.62 bits per heavy atom. The van der Waals surface area contributed by atoms with E-state index in [1.54, 1.807) is 0 Å². The highest BCUT2D eigenvalue weighted by Crippen LogP contribution is 2.15. The summed E-state index contributed by atoms with van der Waals surface area (Å²) >= 11 is 0. The van der Waals surface area contributed by atoms with Gasteiger partial charge in [-0.2, -0.15) is 0 Å². The van der Waals surface area contributed by atoms with Crippen LogP contribution in [0.1, 0.15) is 15.9 Å². The Morgan fingerprint density at radius 3 is 2.15 bits per heavy atom. The van der Waals surface area contributed by atoms with Gasteiger partial charge in [0, 0.05) is 36.2 Å². The van der Waals surface area contributed by atoms with Gasteiger partial charge in [-0.3, -0.25) is 25.0 Å². The molecule has 0 aromatic heterocycles. The highest BCUT2D eigenvalue weighted by atomic mass is 16.6. The Bertz CT molecular complexity index is 864. The minimum Gasteiger partial charge on any atom is -0.480 e. The van der Waals surface area contributed by atoms with Crippen LogP contribution in [0.5, 0.6) is 0 Å². The zero-order valence-corrected chi connectivity index (χ0v) is 13.2. The van der Waals surface area contributed by atoms with E-state index in [-0.39, 0.29) is 23.4 Å². The van der Waals surface area contributed by atoms with E-state index in [4.69, 9.17) is 0 Å². The Labute approximate surface area is 146 Å². The molecule has 2 N–H and O–H groups in total. The van der Waals surface area contributed by atoms with Crippen molar-refractivity contribution in [2.45, 2.75) is 12.5 Å². The van der Waals surface area contributed by atoms with Gasteiger partial charge in [0.15, 0.2) is 0 Å². The van der Waals surface area contributed by atoms with Gasteiger partial charge < -0.3 is 10.4 Å². The van der Waals surface area contributed by atoms with Crippen LogP contribution in [0.3, 0.4) is 0 Å². The van der Waals surface area contributed by atoms with E-state index >= 15 is 0 Å². The molecule has 26 heavy (non-hydrogen) atoms. The number of hydrogen-bond donors (Lipinski definition) is 2. The third-order valence-corrected chi connectivity index (χ3v) is 3.51. The van der Waals surface area contributed by atoms with Crippen LogP contribution in [0.15, 0.2) is 48.5 Å². The molecule has 0 saturated heterocycles. The average molecular weight is 359 g/mol. The number of carbonyl (C=O) groups is 2. The number of nitro benzene ring substituents is 2. The zero-order valence-electron chi connectivity index (χ0n) is 13.2. The van der Waals surface area contributed by atoms with E-state index in [0.717, 1.165) is 6.07 Å². The molecule has 10 nitrogen and oxygen atoms in total. The maximum atomic E-state index is 12.2. The zero-order chi connectivity index (χ0) is 19.3. The first kappa shape index (κ1) is 18.5. The van der Waals surface area contributed by atoms with Crippen molar-refractivity contribution in [3.05, 3.63) is 79.9 Å². The molecule has 0 radical (unpaired) electrons. The molecule has 1 atom stereocenters. The van der Waals surface area contributed by atoms with E-state index in [1.165, 1.54) is 42.5 Å². The fourth-order valence-electron chi connectivity index (χ4n) is 2.19. The van der Waals surface area contributed by atoms with Crippen molar-refractivity contribution >= 4 is 23.3 Å². The van der Waals surface area contributed by atoms with Crippen LogP contribution >= 0.6 is 0 Å². The number of non-ortho nitro benzene ring substituents is 2. The lowest BCUT2D eigenvalue weighted by molar-refractivity contribution is -0.385. The van der Waals surface area contributed by atoms with Crippen LogP contribution in [0.25, 0.3) is 0 Å². The minimum absolute atomic E-state index is 0.0471. The Hall–Kier alpha value is -3.82. The summed E-state index contributed by atoms with van der Waals surface area (Å²) in [5.41, 5.74) is -0.00218. The lowest BCUT2D eigenvalue weighted by atomic mass is 10.0. The first-order valence-electron chi connectivity index (χ1n) is 7.29. The summed E-state index contributed by atoms with van der Waals surface area (Å²) in [6.45, 7) is 0. The molecule has 0 bridgehead atoms. The van der Waals surface area contributed by atoms with Crippen LogP contribution in [0, 0.1) is 20.2 Å². The lowest BCUT2D eigenvalue weighted by Crippen LogP contribution is -2.42. The average Bonchev–Trinajstić information content (AvgIpc) is 2.61. The highest BCUT2D eigenvalue weighted by Gasteiger charge is 2.22. The van der Waals surface area contributed by atoms with E-state index in [1.807, 2.05) is 0 Å². The fourth-order valence-corrected chi connectivity index (χ4v) is 2.19. The quantitative estimate of drug-likeness (QED) is 0.565. The number of carboxylic acid groups (broad SMARTS) is 1. The third kappa shape index (κ3) is 4.60. The normalized spacial score (nSPS) is 11.4. The van der Waals surface area contributed by atoms with Crippen LogP contribution in [-0.4, -0.2) is 32.9 Å². The summed E-state index contributed by atoms with van der Waals surface area (Å²) in [6.07, 6.45) is -0.103. The number of hydrogen-bond acceptors (Lipinski definition) is 6. The van der Waals surface area contributed by atoms with Gasteiger partial charge >= 0.3 is 5.97 Å². The standard InChI is InChI=1S/C16H13N3O7/c20-15(11-2-1-3-13(9-11)19(25)26)17-14(16(21)22)8-10-4-6-12(7-5-10)18(23)24/h1-7,9,14H,8H2,(H,17,20)(H,21,22)/t14-/m0/s1. The molecule has 0 aliphatic carbocycles. The van der Waals surface area contributed by atoms with Gasteiger partial charge in [-0.15, -0.1) is 0 Å². The van der Waals surface area contributed by atoms with Crippen molar-refractivity contribution in [3.63, 3.8) is 0 Å². The molecule has 2 rings (SSSR count). The van der Waals surface area contributed by atoms with Crippen LogP contribution < -0.4 is 5.32 Å². The van der Waals surface area contributed by atoms with Crippen molar-refractivity contribution in [2.24, 2.45) is 0 Å². The maximum Gasteiger partial charge on any atom is 0.326 e. The summed E-state index contributed by atoms with van der Waals surface area (Å²) in [5, 5.41) is 33.0. The van der Waals surface area contributed by atoms with Gasteiger partial charge in [0.1, 0.15) is 6.04 Å².